The predicted molar refractivity (Wildman–Crippen MR) is 96.7 cm³/mol. The van der Waals surface area contributed by atoms with Gasteiger partial charge in [-0.2, -0.15) is 0 Å². The van der Waals surface area contributed by atoms with Gasteiger partial charge in [0, 0.05) is 17.9 Å². The average Bonchev–Trinajstić information content (AvgIpc) is 2.61. The second kappa shape index (κ2) is 7.64. The summed E-state index contributed by atoms with van der Waals surface area (Å²) in [7, 11) is -0.913. The Morgan fingerprint density at radius 3 is 2.79 bits per heavy atom. The Balaban J connectivity index is 1.69. The molecule has 2 aromatic carbocycles. The lowest BCUT2D eigenvalue weighted by atomic mass is 9.73. The zero-order valence-corrected chi connectivity index (χ0v) is 13.9. The van der Waals surface area contributed by atoms with E-state index in [9.17, 15) is 9.82 Å². The summed E-state index contributed by atoms with van der Waals surface area (Å²) in [5, 5.41) is 12.8. The van der Waals surface area contributed by atoms with Crippen LogP contribution in [0.2, 0.25) is 0 Å². The van der Waals surface area contributed by atoms with Gasteiger partial charge in [0.15, 0.2) is 0 Å². The lowest BCUT2D eigenvalue weighted by molar-refractivity contribution is 0.102. The maximum absolute atomic E-state index is 12.4. The van der Waals surface area contributed by atoms with Crippen molar-refractivity contribution < 1.29 is 14.5 Å². The molecule has 0 fully saturated rings. The molecule has 124 valence electrons. The number of anilines is 1. The van der Waals surface area contributed by atoms with Gasteiger partial charge in [0.2, 0.25) is 0 Å². The fraction of sp³-hybridized carbons (Fsp3) is 0.316. The number of carbonyl (C=O) groups excluding carboxylic acids is 1. The molecule has 1 aliphatic heterocycles. The number of fused-ring (bicyclic) bond motifs is 1. The van der Waals surface area contributed by atoms with Crippen molar-refractivity contribution in [2.24, 2.45) is 0 Å². The van der Waals surface area contributed by atoms with E-state index in [0.717, 1.165) is 36.7 Å². The van der Waals surface area contributed by atoms with Crippen LogP contribution in [0.15, 0.2) is 42.5 Å². The summed E-state index contributed by atoms with van der Waals surface area (Å²) < 4.78 is 5.24. The third-order valence-electron chi connectivity index (χ3n) is 4.35. The highest BCUT2D eigenvalue weighted by atomic mass is 16.5. The van der Waals surface area contributed by atoms with E-state index < -0.39 is 7.12 Å². The van der Waals surface area contributed by atoms with E-state index in [1.807, 2.05) is 36.4 Å². The van der Waals surface area contributed by atoms with Crippen molar-refractivity contribution in [1.29, 1.82) is 0 Å². The SMILES string of the molecule is CCCCc1ccc(C(=O)Nc2ccc3c(c2)B(O)OCC3)cc1. The smallest absolute Gasteiger partial charge is 0.423 e. The van der Waals surface area contributed by atoms with E-state index >= 15 is 0 Å². The summed E-state index contributed by atoms with van der Waals surface area (Å²) >= 11 is 0. The summed E-state index contributed by atoms with van der Waals surface area (Å²) in [5.41, 5.74) is 4.34. The van der Waals surface area contributed by atoms with Crippen LogP contribution in [-0.2, 0) is 17.5 Å². The van der Waals surface area contributed by atoms with E-state index in [1.165, 1.54) is 5.56 Å². The molecule has 0 aliphatic carbocycles. The maximum atomic E-state index is 12.4. The molecule has 0 saturated heterocycles. The Hall–Kier alpha value is -2.11. The highest BCUT2D eigenvalue weighted by Gasteiger charge is 2.25. The first-order chi connectivity index (χ1) is 11.7. The topological polar surface area (TPSA) is 58.6 Å². The van der Waals surface area contributed by atoms with Crippen LogP contribution in [0.1, 0.15) is 41.3 Å². The number of hydrogen-bond acceptors (Lipinski definition) is 3. The van der Waals surface area contributed by atoms with Crippen molar-refractivity contribution in [3.8, 4) is 0 Å². The first kappa shape index (κ1) is 16.7. The predicted octanol–water partition coefficient (Wildman–Crippen LogP) is 2.54. The van der Waals surface area contributed by atoms with E-state index in [0.29, 0.717) is 17.9 Å². The molecule has 0 radical (unpaired) electrons. The highest BCUT2D eigenvalue weighted by Crippen LogP contribution is 2.15. The van der Waals surface area contributed by atoms with Crippen LogP contribution in [0.4, 0.5) is 5.69 Å². The van der Waals surface area contributed by atoms with E-state index in [1.54, 1.807) is 6.07 Å². The van der Waals surface area contributed by atoms with Crippen molar-refractivity contribution in [2.45, 2.75) is 32.6 Å². The monoisotopic (exact) mass is 323 g/mol. The van der Waals surface area contributed by atoms with E-state index in [4.69, 9.17) is 4.65 Å². The van der Waals surface area contributed by atoms with Crippen molar-refractivity contribution in [2.75, 3.05) is 11.9 Å². The molecule has 24 heavy (non-hydrogen) atoms. The largest absolute Gasteiger partial charge is 0.491 e. The number of unbranched alkanes of at least 4 members (excludes halogenated alkanes) is 1. The Morgan fingerprint density at radius 2 is 2.04 bits per heavy atom. The molecule has 0 saturated carbocycles. The van der Waals surface area contributed by atoms with Gasteiger partial charge in [-0.05, 0) is 60.1 Å². The molecule has 0 spiro atoms. The first-order valence-corrected chi connectivity index (χ1v) is 8.50. The van der Waals surface area contributed by atoms with Gasteiger partial charge in [-0.3, -0.25) is 4.79 Å². The Morgan fingerprint density at radius 1 is 1.25 bits per heavy atom. The van der Waals surface area contributed by atoms with E-state index in [-0.39, 0.29) is 5.91 Å². The second-order valence-corrected chi connectivity index (χ2v) is 6.14. The molecule has 2 aromatic rings. The summed E-state index contributed by atoms with van der Waals surface area (Å²) in [6, 6.07) is 13.3. The number of benzene rings is 2. The van der Waals surface area contributed by atoms with Gasteiger partial charge in [0.05, 0.1) is 0 Å². The molecule has 0 aromatic heterocycles. The number of amides is 1. The Labute approximate surface area is 143 Å². The second-order valence-electron chi connectivity index (χ2n) is 6.14. The van der Waals surface area contributed by atoms with Crippen LogP contribution in [0, 0.1) is 0 Å². The number of carbonyl (C=O) groups is 1. The molecule has 0 bridgehead atoms. The normalized spacial score (nSPS) is 13.5. The number of aryl methyl sites for hydroxylation is 1. The molecular formula is C19H22BNO3. The minimum absolute atomic E-state index is 0.150. The fourth-order valence-corrected chi connectivity index (χ4v) is 2.91. The third kappa shape index (κ3) is 3.86. The molecule has 0 unspecified atom stereocenters. The van der Waals surface area contributed by atoms with Gasteiger partial charge in [0.1, 0.15) is 0 Å². The lowest BCUT2D eigenvalue weighted by Gasteiger charge is -2.19. The zero-order chi connectivity index (χ0) is 16.9. The number of hydrogen-bond donors (Lipinski definition) is 2. The average molecular weight is 323 g/mol. The molecule has 2 N–H and O–H groups in total. The first-order valence-electron chi connectivity index (χ1n) is 8.50. The van der Waals surface area contributed by atoms with Crippen LogP contribution < -0.4 is 10.8 Å². The quantitative estimate of drug-likeness (QED) is 0.832. The van der Waals surface area contributed by atoms with Gasteiger partial charge in [-0.25, -0.2) is 0 Å². The van der Waals surface area contributed by atoms with E-state index in [2.05, 4.69) is 12.2 Å². The van der Waals surface area contributed by atoms with Crippen LogP contribution in [0.5, 0.6) is 0 Å². The summed E-state index contributed by atoms with van der Waals surface area (Å²) in [5.74, 6) is -0.150. The van der Waals surface area contributed by atoms with Crippen molar-refractivity contribution in [3.63, 3.8) is 0 Å². The van der Waals surface area contributed by atoms with Crippen LogP contribution in [0.25, 0.3) is 0 Å². The highest BCUT2D eigenvalue weighted by molar-refractivity contribution is 6.61. The molecule has 1 aliphatic rings. The molecule has 0 atom stereocenters. The maximum Gasteiger partial charge on any atom is 0.491 e. The number of rotatable bonds is 5. The molecular weight excluding hydrogens is 301 g/mol. The molecule has 5 heteroatoms. The van der Waals surface area contributed by atoms with Gasteiger partial charge in [-0.1, -0.05) is 31.5 Å². The summed E-state index contributed by atoms with van der Waals surface area (Å²) in [4.78, 5) is 12.4. The third-order valence-corrected chi connectivity index (χ3v) is 4.35. The molecule has 1 amide bonds. The Bertz CT molecular complexity index is 715. The summed E-state index contributed by atoms with van der Waals surface area (Å²) in [6.45, 7) is 2.69. The van der Waals surface area contributed by atoms with Gasteiger partial charge in [0.25, 0.3) is 5.91 Å². The zero-order valence-electron chi connectivity index (χ0n) is 13.9. The van der Waals surface area contributed by atoms with Crippen molar-refractivity contribution in [1.82, 2.24) is 0 Å². The van der Waals surface area contributed by atoms with Crippen LogP contribution >= 0.6 is 0 Å². The lowest BCUT2D eigenvalue weighted by Crippen LogP contribution is -2.41. The Kier molecular flexibility index (Phi) is 5.33. The van der Waals surface area contributed by atoms with Crippen LogP contribution in [0.3, 0.4) is 0 Å². The van der Waals surface area contributed by atoms with Gasteiger partial charge >= 0.3 is 7.12 Å². The molecule has 3 rings (SSSR count). The molecule has 1 heterocycles. The van der Waals surface area contributed by atoms with Crippen molar-refractivity contribution >= 4 is 24.2 Å². The minimum Gasteiger partial charge on any atom is -0.423 e. The van der Waals surface area contributed by atoms with Gasteiger partial charge in [-0.15, -0.1) is 0 Å². The molecule has 4 nitrogen and oxygen atoms in total. The van der Waals surface area contributed by atoms with Crippen molar-refractivity contribution in [3.05, 3.63) is 59.2 Å². The summed E-state index contributed by atoms with van der Waals surface area (Å²) in [6.07, 6.45) is 4.14. The minimum atomic E-state index is -0.913. The fourth-order valence-electron chi connectivity index (χ4n) is 2.91. The number of nitrogens with one attached hydrogen (secondary N) is 1. The van der Waals surface area contributed by atoms with Gasteiger partial charge < -0.3 is 15.0 Å². The van der Waals surface area contributed by atoms with Crippen LogP contribution in [-0.4, -0.2) is 24.7 Å². The standard InChI is InChI=1S/C19H22BNO3/c1-2-3-4-14-5-7-16(8-6-14)19(22)21-17-10-9-15-11-12-24-20(23)18(15)13-17/h5-10,13,23H,2-4,11-12H2,1H3,(H,21,22).